The van der Waals surface area contributed by atoms with Crippen molar-refractivity contribution < 1.29 is 21.6 Å². The van der Waals surface area contributed by atoms with Crippen LogP contribution in [0.25, 0.3) is 0 Å². The van der Waals surface area contributed by atoms with Crippen molar-refractivity contribution in [1.29, 1.82) is 0 Å². The molecule has 0 radical (unpaired) electrons. The average molecular weight is 415 g/mol. The summed E-state index contributed by atoms with van der Waals surface area (Å²) in [5.74, 6) is 0.815. The van der Waals surface area contributed by atoms with E-state index in [1.807, 2.05) is 6.20 Å². The van der Waals surface area contributed by atoms with Gasteiger partial charge in [0.25, 0.3) is 0 Å². The molecular weight excluding hydrogens is 391 g/mol. The van der Waals surface area contributed by atoms with E-state index >= 15 is 0 Å². The molecule has 0 N–H and O–H groups in total. The summed E-state index contributed by atoms with van der Waals surface area (Å²) < 4.78 is 66.7. The van der Waals surface area contributed by atoms with Gasteiger partial charge in [-0.15, -0.1) is 0 Å². The predicted octanol–water partition coefficient (Wildman–Crippen LogP) is 4.03. The fourth-order valence-electron chi connectivity index (χ4n) is 3.75. The third kappa shape index (κ3) is 4.94. The summed E-state index contributed by atoms with van der Waals surface area (Å²) in [4.78, 5) is 3.93. The SMILES string of the molecule is CN(C[C@H]1CC[C@H](Cn2ccnc2)CC1)S(=O)(=O)c1ccc(C(F)(F)F)cc1. The molecule has 0 bridgehead atoms. The van der Waals surface area contributed by atoms with Crippen molar-refractivity contribution in [3.05, 3.63) is 48.5 Å². The zero-order valence-electron chi connectivity index (χ0n) is 15.6. The second kappa shape index (κ2) is 8.24. The highest BCUT2D eigenvalue weighted by molar-refractivity contribution is 7.89. The van der Waals surface area contributed by atoms with Crippen molar-refractivity contribution >= 4 is 10.0 Å². The molecule has 9 heteroatoms. The Morgan fingerprint density at radius 3 is 2.25 bits per heavy atom. The molecule has 1 fully saturated rings. The normalized spacial score (nSPS) is 21.2. The largest absolute Gasteiger partial charge is 0.416 e. The van der Waals surface area contributed by atoms with E-state index in [1.165, 1.54) is 11.4 Å². The third-order valence-corrected chi connectivity index (χ3v) is 7.24. The number of benzene rings is 1. The van der Waals surface area contributed by atoms with E-state index < -0.39 is 21.8 Å². The Labute approximate surface area is 163 Å². The second-order valence-corrected chi connectivity index (χ2v) is 9.50. The smallest absolute Gasteiger partial charge is 0.337 e. The maximum Gasteiger partial charge on any atom is 0.416 e. The van der Waals surface area contributed by atoms with Crippen LogP contribution in [-0.4, -0.2) is 35.9 Å². The molecular formula is C19H24F3N3O2S. The highest BCUT2D eigenvalue weighted by Crippen LogP contribution is 2.32. The molecule has 28 heavy (non-hydrogen) atoms. The van der Waals surface area contributed by atoms with E-state index in [1.54, 1.807) is 12.5 Å². The van der Waals surface area contributed by atoms with Gasteiger partial charge in [-0.1, -0.05) is 0 Å². The van der Waals surface area contributed by atoms with E-state index in [9.17, 15) is 21.6 Å². The Balaban J connectivity index is 1.56. The Bertz CT molecular complexity index is 857. The van der Waals surface area contributed by atoms with Gasteiger partial charge in [-0.3, -0.25) is 0 Å². The van der Waals surface area contributed by atoms with Crippen molar-refractivity contribution in [3.63, 3.8) is 0 Å². The Hall–Kier alpha value is -1.87. The van der Waals surface area contributed by atoms with Crippen LogP contribution in [0.3, 0.4) is 0 Å². The fourth-order valence-corrected chi connectivity index (χ4v) is 4.99. The van der Waals surface area contributed by atoms with Crippen molar-refractivity contribution in [2.75, 3.05) is 13.6 Å². The molecule has 1 aliphatic rings. The second-order valence-electron chi connectivity index (χ2n) is 7.45. The Kier molecular flexibility index (Phi) is 6.14. The van der Waals surface area contributed by atoms with Gasteiger partial charge in [0.05, 0.1) is 16.8 Å². The first-order valence-corrected chi connectivity index (χ1v) is 10.7. The zero-order valence-corrected chi connectivity index (χ0v) is 16.5. The summed E-state index contributed by atoms with van der Waals surface area (Å²) in [5, 5.41) is 0. The molecule has 154 valence electrons. The van der Waals surface area contributed by atoms with Crippen LogP contribution in [0.2, 0.25) is 0 Å². The Morgan fingerprint density at radius 2 is 1.71 bits per heavy atom. The molecule has 0 unspecified atom stereocenters. The minimum atomic E-state index is -4.48. The first kappa shape index (κ1) is 20.9. The summed E-state index contributed by atoms with van der Waals surface area (Å²) in [7, 11) is -2.31. The average Bonchev–Trinajstić information content (AvgIpc) is 3.15. The quantitative estimate of drug-likeness (QED) is 0.716. The summed E-state index contributed by atoms with van der Waals surface area (Å²) in [5.41, 5.74) is -0.856. The van der Waals surface area contributed by atoms with Crippen molar-refractivity contribution in [3.8, 4) is 0 Å². The van der Waals surface area contributed by atoms with Gasteiger partial charge in [0.2, 0.25) is 10.0 Å². The van der Waals surface area contributed by atoms with E-state index in [2.05, 4.69) is 9.55 Å². The molecule has 1 aromatic heterocycles. The number of alkyl halides is 3. The van der Waals surface area contributed by atoms with E-state index in [0.29, 0.717) is 12.5 Å². The van der Waals surface area contributed by atoms with Crippen LogP contribution in [0.15, 0.2) is 47.9 Å². The lowest BCUT2D eigenvalue weighted by Gasteiger charge is -2.31. The number of hydrogen-bond donors (Lipinski definition) is 0. The molecule has 0 spiro atoms. The monoisotopic (exact) mass is 415 g/mol. The van der Waals surface area contributed by atoms with E-state index in [-0.39, 0.29) is 10.8 Å². The van der Waals surface area contributed by atoms with Crippen LogP contribution >= 0.6 is 0 Å². The molecule has 3 rings (SSSR count). The van der Waals surface area contributed by atoms with Gasteiger partial charge in [0.1, 0.15) is 0 Å². The summed E-state index contributed by atoms with van der Waals surface area (Å²) in [6, 6.07) is 3.66. The highest BCUT2D eigenvalue weighted by atomic mass is 32.2. The van der Waals surface area contributed by atoms with E-state index in [0.717, 1.165) is 56.5 Å². The molecule has 1 aromatic carbocycles. The van der Waals surface area contributed by atoms with Crippen LogP contribution in [0.5, 0.6) is 0 Å². The summed E-state index contributed by atoms with van der Waals surface area (Å²) in [6.07, 6.45) is 4.94. The maximum absolute atomic E-state index is 12.7. The van der Waals surface area contributed by atoms with Gasteiger partial charge in [-0.25, -0.2) is 17.7 Å². The molecule has 1 aliphatic carbocycles. The number of halogens is 3. The number of aromatic nitrogens is 2. The van der Waals surface area contributed by atoms with Gasteiger partial charge >= 0.3 is 6.18 Å². The first-order chi connectivity index (χ1) is 13.2. The molecule has 1 heterocycles. The number of nitrogens with zero attached hydrogens (tertiary/aromatic N) is 3. The molecule has 0 amide bonds. The van der Waals surface area contributed by atoms with Crippen LogP contribution in [-0.2, 0) is 22.7 Å². The van der Waals surface area contributed by atoms with Crippen molar-refractivity contribution in [2.45, 2.75) is 43.3 Å². The van der Waals surface area contributed by atoms with Crippen LogP contribution in [0.4, 0.5) is 13.2 Å². The number of sulfonamides is 1. The number of rotatable bonds is 6. The molecule has 0 saturated heterocycles. The van der Waals surface area contributed by atoms with Crippen LogP contribution in [0, 0.1) is 11.8 Å². The lowest BCUT2D eigenvalue weighted by atomic mass is 9.82. The first-order valence-electron chi connectivity index (χ1n) is 9.25. The molecule has 2 aromatic rings. The van der Waals surface area contributed by atoms with Crippen molar-refractivity contribution in [1.82, 2.24) is 13.9 Å². The topological polar surface area (TPSA) is 55.2 Å². The van der Waals surface area contributed by atoms with Crippen LogP contribution < -0.4 is 0 Å². The van der Waals surface area contributed by atoms with Crippen molar-refractivity contribution in [2.24, 2.45) is 11.8 Å². The van der Waals surface area contributed by atoms with Gasteiger partial charge in [0, 0.05) is 32.5 Å². The third-order valence-electron chi connectivity index (χ3n) is 5.40. The number of imidazole rings is 1. The molecule has 0 aliphatic heterocycles. The zero-order chi connectivity index (χ0) is 20.4. The maximum atomic E-state index is 12.7. The lowest BCUT2D eigenvalue weighted by Crippen LogP contribution is -2.33. The molecule has 0 atom stereocenters. The highest BCUT2D eigenvalue weighted by Gasteiger charge is 2.32. The lowest BCUT2D eigenvalue weighted by molar-refractivity contribution is -0.137. The standard InChI is InChI=1S/C19H24F3N3O2S/c1-24(28(26,27)18-8-6-17(7-9-18)19(20,21)22)12-15-2-4-16(5-3-15)13-25-11-10-23-14-25/h6-11,14-16H,2-5,12-13H2,1H3/t15-,16-. The molecule has 1 saturated carbocycles. The minimum Gasteiger partial charge on any atom is -0.337 e. The fraction of sp³-hybridized carbons (Fsp3) is 0.526. The minimum absolute atomic E-state index is 0.114. The summed E-state index contributed by atoms with van der Waals surface area (Å²) >= 11 is 0. The summed E-state index contributed by atoms with van der Waals surface area (Å²) in [6.45, 7) is 1.30. The molecule has 5 nitrogen and oxygen atoms in total. The van der Waals surface area contributed by atoms with Gasteiger partial charge in [-0.2, -0.15) is 13.2 Å². The van der Waals surface area contributed by atoms with Gasteiger partial charge in [0.15, 0.2) is 0 Å². The predicted molar refractivity (Wildman–Crippen MR) is 98.9 cm³/mol. The van der Waals surface area contributed by atoms with Crippen LogP contribution in [0.1, 0.15) is 31.2 Å². The van der Waals surface area contributed by atoms with Gasteiger partial charge in [-0.05, 0) is 61.8 Å². The Morgan fingerprint density at radius 1 is 1.11 bits per heavy atom. The number of hydrogen-bond acceptors (Lipinski definition) is 3. The van der Waals surface area contributed by atoms with E-state index in [4.69, 9.17) is 0 Å². The van der Waals surface area contributed by atoms with Gasteiger partial charge < -0.3 is 4.57 Å².